The maximum absolute atomic E-state index is 14.2. The third kappa shape index (κ3) is 4.45. The van der Waals surface area contributed by atoms with Crippen LogP contribution in [0.2, 0.25) is 0 Å². The molecule has 1 N–H and O–H groups in total. The zero-order chi connectivity index (χ0) is 26.1. The molecule has 0 spiro atoms. The Hall–Kier alpha value is -3.71. The minimum Gasteiger partial charge on any atom is -0.494 e. The summed E-state index contributed by atoms with van der Waals surface area (Å²) in [6, 6.07) is 19.6. The van der Waals surface area contributed by atoms with E-state index in [2.05, 4.69) is 40.3 Å². The first-order chi connectivity index (χ1) is 18.7. The highest BCUT2D eigenvalue weighted by molar-refractivity contribution is 7.15. The number of nitrogens with one attached hydrogen (secondary N) is 1. The van der Waals surface area contributed by atoms with E-state index in [0.29, 0.717) is 31.2 Å². The van der Waals surface area contributed by atoms with Gasteiger partial charge in [0.25, 0.3) is 0 Å². The average Bonchev–Trinajstić information content (AvgIpc) is 3.53. The summed E-state index contributed by atoms with van der Waals surface area (Å²) in [5.41, 5.74) is 5.53. The van der Waals surface area contributed by atoms with Crippen LogP contribution < -0.4 is 14.8 Å². The van der Waals surface area contributed by atoms with Gasteiger partial charge < -0.3 is 24.3 Å². The Balaban J connectivity index is 1.46. The van der Waals surface area contributed by atoms with E-state index < -0.39 is 0 Å². The Morgan fingerprint density at radius 2 is 1.74 bits per heavy atom. The quantitative estimate of drug-likeness (QED) is 0.285. The summed E-state index contributed by atoms with van der Waals surface area (Å²) in [4.78, 5) is 17.6. The lowest BCUT2D eigenvalue weighted by atomic mass is 9.95. The van der Waals surface area contributed by atoms with Crippen LogP contribution in [-0.2, 0) is 19.4 Å². The van der Waals surface area contributed by atoms with Gasteiger partial charge >= 0.3 is 6.03 Å². The molecule has 1 aliphatic carbocycles. The fourth-order valence-electron chi connectivity index (χ4n) is 5.69. The van der Waals surface area contributed by atoms with Crippen LogP contribution in [0.15, 0.2) is 66.9 Å². The molecule has 38 heavy (non-hydrogen) atoms. The van der Waals surface area contributed by atoms with Gasteiger partial charge in [-0.1, -0.05) is 24.3 Å². The number of para-hydroxylation sites is 2. The number of fused-ring (bicyclic) bond motifs is 5. The number of hydrogen-bond acceptors (Lipinski definition) is 4. The molecule has 0 saturated heterocycles. The zero-order valence-corrected chi connectivity index (χ0v) is 22.7. The molecule has 6 rings (SSSR count). The summed E-state index contributed by atoms with van der Waals surface area (Å²) in [5, 5.41) is 4.43. The van der Waals surface area contributed by atoms with Crippen molar-refractivity contribution in [1.29, 1.82) is 0 Å². The summed E-state index contributed by atoms with van der Waals surface area (Å²) in [6.07, 6.45) is 6.78. The Morgan fingerprint density at radius 1 is 0.947 bits per heavy atom. The Labute approximate surface area is 227 Å². The lowest BCUT2D eigenvalue weighted by Crippen LogP contribution is -2.38. The van der Waals surface area contributed by atoms with Gasteiger partial charge in [-0.3, -0.25) is 0 Å². The van der Waals surface area contributed by atoms with Gasteiger partial charge in [-0.25, -0.2) is 4.79 Å². The molecule has 0 fully saturated rings. The van der Waals surface area contributed by atoms with Crippen LogP contribution in [-0.4, -0.2) is 28.7 Å². The number of hydrogen-bond donors (Lipinski definition) is 1. The molecule has 6 nitrogen and oxygen atoms in total. The molecular weight excluding hydrogens is 494 g/mol. The molecule has 3 heterocycles. The molecule has 1 atom stereocenters. The molecule has 2 aromatic carbocycles. The number of anilines is 1. The molecule has 1 aliphatic heterocycles. The van der Waals surface area contributed by atoms with Gasteiger partial charge in [-0.15, -0.1) is 11.3 Å². The van der Waals surface area contributed by atoms with E-state index in [1.165, 1.54) is 33.8 Å². The van der Waals surface area contributed by atoms with Crippen molar-refractivity contribution in [3.05, 3.63) is 94.1 Å². The minimum atomic E-state index is -0.265. The highest BCUT2D eigenvalue weighted by Crippen LogP contribution is 2.44. The van der Waals surface area contributed by atoms with Crippen molar-refractivity contribution in [2.24, 2.45) is 0 Å². The predicted molar refractivity (Wildman–Crippen MR) is 152 cm³/mol. The lowest BCUT2D eigenvalue weighted by Gasteiger charge is -2.31. The second-order valence-corrected chi connectivity index (χ2v) is 10.8. The number of rotatable bonds is 6. The molecule has 7 heteroatoms. The molecular formula is C31H33N3O3S. The lowest BCUT2D eigenvalue weighted by molar-refractivity contribution is 0.194. The fourth-order valence-corrected chi connectivity index (χ4v) is 7.09. The number of ether oxygens (including phenoxy) is 2. The summed E-state index contributed by atoms with van der Waals surface area (Å²) in [7, 11) is 0. The van der Waals surface area contributed by atoms with E-state index in [1.807, 2.05) is 66.5 Å². The molecule has 0 saturated carbocycles. The van der Waals surface area contributed by atoms with Gasteiger partial charge in [0.15, 0.2) is 0 Å². The Morgan fingerprint density at radius 3 is 2.55 bits per heavy atom. The molecule has 4 aromatic rings. The number of amides is 2. The van der Waals surface area contributed by atoms with Gasteiger partial charge in [-0.2, -0.15) is 0 Å². The summed E-state index contributed by atoms with van der Waals surface area (Å²) in [5.74, 6) is 1.50. The van der Waals surface area contributed by atoms with Gasteiger partial charge in [0.2, 0.25) is 0 Å². The van der Waals surface area contributed by atoms with E-state index in [1.54, 1.807) is 0 Å². The molecule has 2 aromatic heterocycles. The maximum atomic E-state index is 14.2. The number of thiophene rings is 1. The maximum Gasteiger partial charge on any atom is 0.323 e. The average molecular weight is 528 g/mol. The van der Waals surface area contributed by atoms with Crippen LogP contribution in [0.3, 0.4) is 0 Å². The molecule has 196 valence electrons. The minimum absolute atomic E-state index is 0.146. The smallest absolute Gasteiger partial charge is 0.323 e. The Bertz CT molecular complexity index is 1440. The van der Waals surface area contributed by atoms with Gasteiger partial charge in [0.05, 0.1) is 37.2 Å². The third-order valence-electron chi connectivity index (χ3n) is 7.38. The van der Waals surface area contributed by atoms with E-state index in [9.17, 15) is 4.79 Å². The first-order valence-electron chi connectivity index (χ1n) is 13.5. The van der Waals surface area contributed by atoms with Crippen molar-refractivity contribution in [2.45, 2.75) is 52.1 Å². The highest BCUT2D eigenvalue weighted by Gasteiger charge is 2.36. The summed E-state index contributed by atoms with van der Waals surface area (Å²) < 4.78 is 13.8. The normalized spacial score (nSPS) is 16.2. The second kappa shape index (κ2) is 10.6. The molecule has 0 bridgehead atoms. The van der Waals surface area contributed by atoms with Crippen LogP contribution in [0.25, 0.3) is 5.00 Å². The van der Waals surface area contributed by atoms with E-state index in [-0.39, 0.29) is 12.1 Å². The number of urea groups is 1. The first kappa shape index (κ1) is 24.6. The monoisotopic (exact) mass is 527 g/mol. The second-order valence-electron chi connectivity index (χ2n) is 9.69. The van der Waals surface area contributed by atoms with E-state index in [0.717, 1.165) is 29.8 Å². The summed E-state index contributed by atoms with van der Waals surface area (Å²) in [6.45, 7) is 5.62. The fraction of sp³-hybridized carbons (Fsp3) is 0.323. The van der Waals surface area contributed by atoms with Crippen molar-refractivity contribution >= 4 is 23.1 Å². The number of carbonyl (C=O) groups excluding carboxylic acids is 1. The van der Waals surface area contributed by atoms with Crippen LogP contribution in [0, 0.1) is 0 Å². The van der Waals surface area contributed by atoms with Crippen molar-refractivity contribution in [1.82, 2.24) is 9.47 Å². The number of aromatic nitrogens is 1. The van der Waals surface area contributed by atoms with Crippen molar-refractivity contribution < 1.29 is 14.3 Å². The van der Waals surface area contributed by atoms with Crippen LogP contribution in [0.5, 0.6) is 11.5 Å². The largest absolute Gasteiger partial charge is 0.494 e. The molecule has 0 unspecified atom stereocenters. The third-order valence-corrected chi connectivity index (χ3v) is 8.71. The van der Waals surface area contributed by atoms with Crippen LogP contribution in [0.1, 0.15) is 60.0 Å². The van der Waals surface area contributed by atoms with Crippen molar-refractivity contribution in [2.75, 3.05) is 18.5 Å². The molecule has 2 amide bonds. The molecule has 0 radical (unpaired) electrons. The van der Waals surface area contributed by atoms with Crippen LogP contribution >= 0.6 is 11.3 Å². The molecule has 2 aliphatic rings. The van der Waals surface area contributed by atoms with Crippen molar-refractivity contribution in [3.8, 4) is 16.5 Å². The zero-order valence-electron chi connectivity index (χ0n) is 21.9. The van der Waals surface area contributed by atoms with E-state index >= 15 is 0 Å². The highest BCUT2D eigenvalue weighted by atomic mass is 32.1. The topological polar surface area (TPSA) is 55.7 Å². The SMILES string of the molecule is CCOc1ccc([C@H]2c3cccn3-c3sc4c(c3CN2C(=O)Nc2ccccc2OCC)CCCC4)cc1. The van der Waals surface area contributed by atoms with E-state index in [4.69, 9.17) is 9.47 Å². The van der Waals surface area contributed by atoms with Crippen LogP contribution in [0.4, 0.5) is 10.5 Å². The summed E-state index contributed by atoms with van der Waals surface area (Å²) >= 11 is 1.90. The van der Waals surface area contributed by atoms with Crippen molar-refractivity contribution in [3.63, 3.8) is 0 Å². The predicted octanol–water partition coefficient (Wildman–Crippen LogP) is 7.35. The number of carbonyl (C=O) groups is 1. The standard InChI is InChI=1S/C31H33N3O3S/c1-3-36-22-17-15-21(16-18-22)29-26-12-9-19-33(26)30-24(23-10-5-8-14-28(23)38-30)20-34(29)31(35)32-25-11-6-7-13-27(25)37-4-2/h6-7,9,11-13,15-19,29H,3-5,8,10,14,20H2,1-2H3,(H,32,35)/t29-/m0/s1. The Kier molecular flexibility index (Phi) is 6.85. The first-order valence-corrected chi connectivity index (χ1v) is 14.3. The number of nitrogens with zero attached hydrogens (tertiary/aromatic N) is 2. The van der Waals surface area contributed by atoms with Gasteiger partial charge in [0, 0.05) is 16.6 Å². The number of aryl methyl sites for hydroxylation is 1. The van der Waals surface area contributed by atoms with Gasteiger partial charge in [-0.05, 0) is 87.1 Å². The van der Waals surface area contributed by atoms with Gasteiger partial charge in [0.1, 0.15) is 16.5 Å². The number of benzene rings is 2.